The standard InChI is InChI=1S/C12H14N4/c1-12(2,3)10-8-13-7-9(16-10)11-14-5-4-6-15-11/h4-8H,1-3H3. The summed E-state index contributed by atoms with van der Waals surface area (Å²) in [5.74, 6) is 0.612. The van der Waals surface area contributed by atoms with Gasteiger partial charge in [0.2, 0.25) is 0 Å². The lowest BCUT2D eigenvalue weighted by molar-refractivity contribution is 0.566. The van der Waals surface area contributed by atoms with Crippen molar-refractivity contribution in [3.63, 3.8) is 0 Å². The first-order chi connectivity index (χ1) is 7.57. The van der Waals surface area contributed by atoms with Gasteiger partial charge in [-0.2, -0.15) is 0 Å². The maximum absolute atomic E-state index is 4.53. The molecule has 0 unspecified atom stereocenters. The van der Waals surface area contributed by atoms with Crippen molar-refractivity contribution in [2.75, 3.05) is 0 Å². The van der Waals surface area contributed by atoms with Crippen LogP contribution in [0.25, 0.3) is 11.5 Å². The van der Waals surface area contributed by atoms with Gasteiger partial charge in [-0.15, -0.1) is 0 Å². The van der Waals surface area contributed by atoms with Crippen LogP contribution in [0.3, 0.4) is 0 Å². The van der Waals surface area contributed by atoms with E-state index in [-0.39, 0.29) is 5.41 Å². The first-order valence-electron chi connectivity index (χ1n) is 5.17. The Morgan fingerprint density at radius 3 is 2.31 bits per heavy atom. The number of aromatic nitrogens is 4. The first-order valence-corrected chi connectivity index (χ1v) is 5.17. The van der Waals surface area contributed by atoms with Crippen LogP contribution in [0, 0.1) is 0 Å². The average Bonchev–Trinajstić information content (AvgIpc) is 2.29. The van der Waals surface area contributed by atoms with Crippen molar-refractivity contribution in [3.8, 4) is 11.5 Å². The van der Waals surface area contributed by atoms with Gasteiger partial charge in [-0.3, -0.25) is 4.98 Å². The van der Waals surface area contributed by atoms with E-state index in [0.29, 0.717) is 11.5 Å². The molecule has 0 bridgehead atoms. The minimum Gasteiger partial charge on any atom is -0.260 e. The van der Waals surface area contributed by atoms with Gasteiger partial charge >= 0.3 is 0 Å². The molecule has 16 heavy (non-hydrogen) atoms. The molecular weight excluding hydrogens is 200 g/mol. The zero-order chi connectivity index (χ0) is 11.6. The lowest BCUT2D eigenvalue weighted by atomic mass is 9.92. The summed E-state index contributed by atoms with van der Waals surface area (Å²) in [7, 11) is 0. The summed E-state index contributed by atoms with van der Waals surface area (Å²) in [4.78, 5) is 17.0. The Morgan fingerprint density at radius 2 is 1.69 bits per heavy atom. The van der Waals surface area contributed by atoms with E-state index >= 15 is 0 Å². The molecule has 2 rings (SSSR count). The Hall–Kier alpha value is -1.84. The molecule has 0 aliphatic heterocycles. The maximum Gasteiger partial charge on any atom is 0.179 e. The fourth-order valence-electron chi connectivity index (χ4n) is 1.27. The highest BCUT2D eigenvalue weighted by Gasteiger charge is 2.16. The van der Waals surface area contributed by atoms with Crippen LogP contribution in [0.4, 0.5) is 0 Å². The third-order valence-corrected chi connectivity index (χ3v) is 2.20. The van der Waals surface area contributed by atoms with Crippen molar-refractivity contribution >= 4 is 0 Å². The number of hydrogen-bond donors (Lipinski definition) is 0. The van der Waals surface area contributed by atoms with E-state index in [1.807, 2.05) is 0 Å². The predicted molar refractivity (Wildman–Crippen MR) is 61.8 cm³/mol. The van der Waals surface area contributed by atoms with E-state index in [2.05, 4.69) is 40.7 Å². The average molecular weight is 214 g/mol. The molecule has 0 amide bonds. The second-order valence-electron chi connectivity index (χ2n) is 4.61. The van der Waals surface area contributed by atoms with Gasteiger partial charge in [0.25, 0.3) is 0 Å². The summed E-state index contributed by atoms with van der Waals surface area (Å²) in [5, 5.41) is 0. The molecule has 0 aromatic carbocycles. The highest BCUT2D eigenvalue weighted by molar-refractivity contribution is 5.46. The molecule has 0 fully saturated rings. The molecule has 2 aromatic heterocycles. The third-order valence-electron chi connectivity index (χ3n) is 2.20. The molecule has 0 atom stereocenters. The molecule has 0 saturated heterocycles. The molecule has 0 saturated carbocycles. The predicted octanol–water partition coefficient (Wildman–Crippen LogP) is 2.23. The summed E-state index contributed by atoms with van der Waals surface area (Å²) in [6.45, 7) is 6.31. The Kier molecular flexibility index (Phi) is 2.64. The van der Waals surface area contributed by atoms with Crippen LogP contribution in [-0.2, 0) is 5.41 Å². The van der Waals surface area contributed by atoms with Crippen LogP contribution in [0.2, 0.25) is 0 Å². The quantitative estimate of drug-likeness (QED) is 0.730. The van der Waals surface area contributed by atoms with Crippen LogP contribution in [0.5, 0.6) is 0 Å². The van der Waals surface area contributed by atoms with Gasteiger partial charge in [0, 0.05) is 24.0 Å². The van der Waals surface area contributed by atoms with Crippen LogP contribution in [-0.4, -0.2) is 19.9 Å². The Labute approximate surface area is 94.8 Å². The molecule has 2 aromatic rings. The molecule has 0 aliphatic carbocycles. The van der Waals surface area contributed by atoms with Gasteiger partial charge in [0.05, 0.1) is 11.9 Å². The lowest BCUT2D eigenvalue weighted by Crippen LogP contribution is -2.14. The minimum atomic E-state index is -0.0161. The molecule has 2 heterocycles. The van der Waals surface area contributed by atoms with Crippen molar-refractivity contribution in [3.05, 3.63) is 36.5 Å². The summed E-state index contributed by atoms with van der Waals surface area (Å²) in [6, 6.07) is 1.78. The monoisotopic (exact) mass is 214 g/mol. The van der Waals surface area contributed by atoms with Gasteiger partial charge in [0.1, 0.15) is 5.69 Å². The molecule has 0 N–H and O–H groups in total. The van der Waals surface area contributed by atoms with E-state index in [0.717, 1.165) is 5.69 Å². The van der Waals surface area contributed by atoms with Crippen molar-refractivity contribution in [2.24, 2.45) is 0 Å². The van der Waals surface area contributed by atoms with Crippen LogP contribution < -0.4 is 0 Å². The van der Waals surface area contributed by atoms with Gasteiger partial charge < -0.3 is 0 Å². The van der Waals surface area contributed by atoms with Crippen LogP contribution in [0.15, 0.2) is 30.9 Å². The van der Waals surface area contributed by atoms with E-state index < -0.39 is 0 Å². The van der Waals surface area contributed by atoms with Crippen LogP contribution in [0.1, 0.15) is 26.5 Å². The topological polar surface area (TPSA) is 51.6 Å². The number of hydrogen-bond acceptors (Lipinski definition) is 4. The van der Waals surface area contributed by atoms with Crippen molar-refractivity contribution in [1.82, 2.24) is 19.9 Å². The van der Waals surface area contributed by atoms with Crippen molar-refractivity contribution < 1.29 is 0 Å². The van der Waals surface area contributed by atoms with Crippen LogP contribution >= 0.6 is 0 Å². The van der Waals surface area contributed by atoms with Crippen molar-refractivity contribution in [1.29, 1.82) is 0 Å². The molecule has 0 spiro atoms. The minimum absolute atomic E-state index is 0.0161. The summed E-state index contributed by atoms with van der Waals surface area (Å²) in [6.07, 6.45) is 6.87. The molecular formula is C12H14N4. The van der Waals surface area contributed by atoms with E-state index in [1.165, 1.54) is 0 Å². The molecule has 0 radical (unpaired) electrons. The number of nitrogens with zero attached hydrogens (tertiary/aromatic N) is 4. The fourth-order valence-corrected chi connectivity index (χ4v) is 1.27. The highest BCUT2D eigenvalue weighted by Crippen LogP contribution is 2.21. The zero-order valence-corrected chi connectivity index (χ0v) is 9.68. The summed E-state index contributed by atoms with van der Waals surface area (Å²) >= 11 is 0. The summed E-state index contributed by atoms with van der Waals surface area (Å²) in [5.41, 5.74) is 1.64. The highest BCUT2D eigenvalue weighted by atomic mass is 14.9. The maximum atomic E-state index is 4.53. The SMILES string of the molecule is CC(C)(C)c1cncc(-c2ncccn2)n1. The zero-order valence-electron chi connectivity index (χ0n) is 9.68. The summed E-state index contributed by atoms with van der Waals surface area (Å²) < 4.78 is 0. The second kappa shape index (κ2) is 3.96. The Morgan fingerprint density at radius 1 is 1.00 bits per heavy atom. The van der Waals surface area contributed by atoms with E-state index in [9.17, 15) is 0 Å². The fraction of sp³-hybridized carbons (Fsp3) is 0.333. The van der Waals surface area contributed by atoms with Gasteiger partial charge in [-0.25, -0.2) is 15.0 Å². The molecule has 0 aliphatic rings. The Bertz CT molecular complexity index is 474. The molecule has 4 nitrogen and oxygen atoms in total. The lowest BCUT2D eigenvalue weighted by Gasteiger charge is -2.17. The second-order valence-corrected chi connectivity index (χ2v) is 4.61. The van der Waals surface area contributed by atoms with E-state index in [1.54, 1.807) is 30.9 Å². The Balaban J connectivity index is 2.45. The van der Waals surface area contributed by atoms with Gasteiger partial charge in [-0.1, -0.05) is 20.8 Å². The first kappa shape index (κ1) is 10.7. The van der Waals surface area contributed by atoms with Gasteiger partial charge in [-0.05, 0) is 6.07 Å². The van der Waals surface area contributed by atoms with E-state index in [4.69, 9.17) is 0 Å². The number of rotatable bonds is 1. The molecule has 82 valence electrons. The smallest absolute Gasteiger partial charge is 0.179 e. The molecule has 4 heteroatoms. The van der Waals surface area contributed by atoms with Gasteiger partial charge in [0.15, 0.2) is 5.82 Å². The largest absolute Gasteiger partial charge is 0.260 e. The third kappa shape index (κ3) is 2.21. The normalized spacial score (nSPS) is 11.4. The van der Waals surface area contributed by atoms with Crippen molar-refractivity contribution in [2.45, 2.75) is 26.2 Å².